The Kier molecular flexibility index (Phi) is 5.37. The summed E-state index contributed by atoms with van der Waals surface area (Å²) in [5.74, 6) is 0.376. The second-order valence-corrected chi connectivity index (χ2v) is 7.39. The number of hydrogen-bond donors (Lipinski definition) is 2. The maximum atomic E-state index is 12.4. The van der Waals surface area contributed by atoms with Crippen LogP contribution in [0.5, 0.6) is 0 Å². The molecule has 118 valence electrons. The molecular formula is C15H24N2O3S. The van der Waals surface area contributed by atoms with Crippen LogP contribution in [0.2, 0.25) is 0 Å². The van der Waals surface area contributed by atoms with Crippen molar-refractivity contribution in [3.8, 4) is 0 Å². The molecule has 0 aliphatic carbocycles. The maximum absolute atomic E-state index is 12.4. The summed E-state index contributed by atoms with van der Waals surface area (Å²) in [5.41, 5.74) is 1.31. The smallest absolute Gasteiger partial charge is 0.240 e. The van der Waals surface area contributed by atoms with Crippen molar-refractivity contribution in [3.63, 3.8) is 0 Å². The summed E-state index contributed by atoms with van der Waals surface area (Å²) in [6.07, 6.45) is 1.03. The van der Waals surface area contributed by atoms with E-state index in [4.69, 9.17) is 5.11 Å². The lowest BCUT2D eigenvalue weighted by Gasteiger charge is -2.15. The number of aliphatic hydroxyl groups is 1. The fraction of sp³-hybridized carbons (Fsp3) is 0.600. The first kappa shape index (κ1) is 16.4. The maximum Gasteiger partial charge on any atom is 0.240 e. The molecule has 5 nitrogen and oxygen atoms in total. The number of nitrogens with zero attached hydrogens (tertiary/aromatic N) is 1. The third kappa shape index (κ3) is 4.03. The molecule has 0 saturated carbocycles. The summed E-state index contributed by atoms with van der Waals surface area (Å²) in [7, 11) is -3.51. The molecule has 0 spiro atoms. The molecule has 1 unspecified atom stereocenters. The Hall–Kier alpha value is -0.950. The monoisotopic (exact) mass is 312 g/mol. The van der Waals surface area contributed by atoms with Gasteiger partial charge in [0, 0.05) is 13.1 Å². The van der Waals surface area contributed by atoms with Crippen LogP contribution in [0.3, 0.4) is 0 Å². The Morgan fingerprint density at radius 2 is 2.19 bits per heavy atom. The molecule has 1 aliphatic heterocycles. The molecule has 0 radical (unpaired) electrons. The van der Waals surface area contributed by atoms with E-state index in [1.165, 1.54) is 0 Å². The molecule has 21 heavy (non-hydrogen) atoms. The lowest BCUT2D eigenvalue weighted by molar-refractivity contribution is 0.281. The van der Waals surface area contributed by atoms with Crippen molar-refractivity contribution in [2.75, 3.05) is 26.2 Å². The Balaban J connectivity index is 2.05. The largest absolute Gasteiger partial charge is 0.392 e. The minimum atomic E-state index is -3.51. The summed E-state index contributed by atoms with van der Waals surface area (Å²) < 4.78 is 27.6. The van der Waals surface area contributed by atoms with Gasteiger partial charge in [-0.15, -0.1) is 0 Å². The van der Waals surface area contributed by atoms with E-state index < -0.39 is 10.0 Å². The number of aryl methyl sites for hydroxylation is 1. The predicted octanol–water partition coefficient (Wildman–Crippen LogP) is 1.11. The molecule has 6 heteroatoms. The first-order chi connectivity index (χ1) is 9.96. The zero-order valence-electron chi connectivity index (χ0n) is 12.7. The average Bonchev–Trinajstić information content (AvgIpc) is 2.94. The number of aliphatic hydroxyl groups excluding tert-OH is 1. The van der Waals surface area contributed by atoms with E-state index in [1.807, 2.05) is 0 Å². The minimum Gasteiger partial charge on any atom is -0.392 e. The molecule has 1 heterocycles. The van der Waals surface area contributed by atoms with Gasteiger partial charge in [-0.1, -0.05) is 19.1 Å². The van der Waals surface area contributed by atoms with E-state index in [-0.39, 0.29) is 11.5 Å². The van der Waals surface area contributed by atoms with Gasteiger partial charge in [0.2, 0.25) is 10.0 Å². The van der Waals surface area contributed by atoms with Gasteiger partial charge >= 0.3 is 0 Å². The van der Waals surface area contributed by atoms with E-state index in [0.717, 1.165) is 26.1 Å². The highest BCUT2D eigenvalue weighted by Crippen LogP contribution is 2.19. The Labute approximate surface area is 127 Å². The van der Waals surface area contributed by atoms with Crippen molar-refractivity contribution in [3.05, 3.63) is 29.3 Å². The summed E-state index contributed by atoms with van der Waals surface area (Å²) in [6.45, 7) is 7.22. The number of likely N-dealkylation sites (tertiary alicyclic amines) is 1. The lowest BCUT2D eigenvalue weighted by Crippen LogP contribution is -2.31. The molecule has 1 atom stereocenters. The van der Waals surface area contributed by atoms with Gasteiger partial charge in [0.15, 0.2) is 0 Å². The van der Waals surface area contributed by atoms with Gasteiger partial charge in [-0.25, -0.2) is 13.1 Å². The highest BCUT2D eigenvalue weighted by Gasteiger charge is 2.24. The molecule has 2 N–H and O–H groups in total. The van der Waals surface area contributed by atoms with Crippen LogP contribution in [0.25, 0.3) is 0 Å². The molecule has 2 rings (SSSR count). The Morgan fingerprint density at radius 3 is 2.81 bits per heavy atom. The van der Waals surface area contributed by atoms with Crippen LogP contribution in [-0.4, -0.2) is 44.6 Å². The van der Waals surface area contributed by atoms with Crippen LogP contribution >= 0.6 is 0 Å². The molecule has 1 aliphatic rings. The van der Waals surface area contributed by atoms with Crippen molar-refractivity contribution in [1.29, 1.82) is 0 Å². The average molecular weight is 312 g/mol. The molecule has 1 saturated heterocycles. The normalized spacial score (nSPS) is 20.0. The number of nitrogens with one attached hydrogen (secondary N) is 1. The van der Waals surface area contributed by atoms with Gasteiger partial charge in [0.05, 0.1) is 11.5 Å². The SMILES string of the molecule is CCN1CCC(CNS(=O)(=O)c2cc(CO)ccc2C)C1. The van der Waals surface area contributed by atoms with Crippen LogP contribution in [-0.2, 0) is 16.6 Å². The molecule has 1 fully saturated rings. The number of sulfonamides is 1. The quantitative estimate of drug-likeness (QED) is 0.825. The third-order valence-electron chi connectivity index (χ3n) is 4.10. The second-order valence-electron chi connectivity index (χ2n) is 5.66. The number of hydrogen-bond acceptors (Lipinski definition) is 4. The van der Waals surface area contributed by atoms with E-state index in [1.54, 1.807) is 25.1 Å². The summed E-state index contributed by atoms with van der Waals surface area (Å²) in [4.78, 5) is 2.59. The predicted molar refractivity (Wildman–Crippen MR) is 82.5 cm³/mol. The van der Waals surface area contributed by atoms with Crippen LogP contribution in [0.4, 0.5) is 0 Å². The van der Waals surface area contributed by atoms with E-state index in [9.17, 15) is 8.42 Å². The number of rotatable bonds is 6. The summed E-state index contributed by atoms with van der Waals surface area (Å²) in [5, 5.41) is 9.16. The minimum absolute atomic E-state index is 0.156. The van der Waals surface area contributed by atoms with E-state index in [2.05, 4.69) is 16.5 Å². The van der Waals surface area contributed by atoms with Gasteiger partial charge in [-0.3, -0.25) is 0 Å². The molecule has 1 aromatic rings. The van der Waals surface area contributed by atoms with Crippen molar-refractivity contribution < 1.29 is 13.5 Å². The van der Waals surface area contributed by atoms with Gasteiger partial charge in [-0.2, -0.15) is 0 Å². The van der Waals surface area contributed by atoms with Gasteiger partial charge in [0.25, 0.3) is 0 Å². The van der Waals surface area contributed by atoms with E-state index in [0.29, 0.717) is 23.6 Å². The zero-order valence-corrected chi connectivity index (χ0v) is 13.5. The van der Waals surface area contributed by atoms with Gasteiger partial charge in [-0.05, 0) is 49.5 Å². The van der Waals surface area contributed by atoms with Crippen molar-refractivity contribution in [2.45, 2.75) is 31.8 Å². The fourth-order valence-electron chi connectivity index (χ4n) is 2.70. The molecule has 0 amide bonds. The highest BCUT2D eigenvalue weighted by atomic mass is 32.2. The van der Waals surface area contributed by atoms with Gasteiger partial charge < -0.3 is 10.0 Å². The summed E-state index contributed by atoms with van der Waals surface area (Å²) in [6, 6.07) is 5.02. The van der Waals surface area contributed by atoms with Gasteiger partial charge in [0.1, 0.15) is 0 Å². The van der Waals surface area contributed by atoms with Crippen molar-refractivity contribution in [1.82, 2.24) is 9.62 Å². The highest BCUT2D eigenvalue weighted by molar-refractivity contribution is 7.89. The summed E-state index contributed by atoms with van der Waals surface area (Å²) >= 11 is 0. The zero-order chi connectivity index (χ0) is 15.5. The first-order valence-electron chi connectivity index (χ1n) is 7.38. The van der Waals surface area contributed by atoms with Crippen molar-refractivity contribution in [2.24, 2.45) is 5.92 Å². The van der Waals surface area contributed by atoms with Crippen molar-refractivity contribution >= 4 is 10.0 Å². The van der Waals surface area contributed by atoms with Crippen LogP contribution in [0, 0.1) is 12.8 Å². The number of benzene rings is 1. The second kappa shape index (κ2) is 6.87. The fourth-order valence-corrected chi connectivity index (χ4v) is 4.11. The standard InChI is InChI=1S/C15H24N2O3S/c1-3-17-7-6-14(10-17)9-16-21(19,20)15-8-13(11-18)5-4-12(15)2/h4-5,8,14,16,18H,3,6-7,9-11H2,1-2H3. The Bertz CT molecular complexity index is 587. The Morgan fingerprint density at radius 1 is 1.43 bits per heavy atom. The lowest BCUT2D eigenvalue weighted by atomic mass is 10.1. The first-order valence-corrected chi connectivity index (χ1v) is 8.87. The molecule has 0 aromatic heterocycles. The van der Waals surface area contributed by atoms with Crippen LogP contribution < -0.4 is 4.72 Å². The molecule has 1 aromatic carbocycles. The molecule has 0 bridgehead atoms. The van der Waals surface area contributed by atoms with Crippen LogP contribution in [0.1, 0.15) is 24.5 Å². The van der Waals surface area contributed by atoms with Crippen LogP contribution in [0.15, 0.2) is 23.1 Å². The topological polar surface area (TPSA) is 69.6 Å². The third-order valence-corrected chi connectivity index (χ3v) is 5.67. The van der Waals surface area contributed by atoms with E-state index >= 15 is 0 Å². The molecular weight excluding hydrogens is 288 g/mol.